The summed E-state index contributed by atoms with van der Waals surface area (Å²) in [6, 6.07) is 8.59. The minimum Gasteiger partial charge on any atom is -0.504 e. The standard InChI is InChI=1S/C23H20ClN3O4S/c1-30-20-4-2-14(10-19(20)28)3-5-21(29)26-8-9-31-22-16(11-15(24)12-17(22)26)18-13-32-23-25-6-7-27(18)23/h2-5,10-13,28H,6-9H2,1H3. The Morgan fingerprint density at radius 1 is 1.31 bits per heavy atom. The molecule has 1 N–H and O–H groups in total. The number of hydrogen-bond donors (Lipinski definition) is 1. The molecule has 0 bridgehead atoms. The summed E-state index contributed by atoms with van der Waals surface area (Å²) in [5, 5.41) is 13.5. The number of aliphatic imine (C=N–C) groups is 1. The Bertz CT molecular complexity index is 1190. The summed E-state index contributed by atoms with van der Waals surface area (Å²) in [6.45, 7) is 2.37. The molecular weight excluding hydrogens is 450 g/mol. The molecule has 3 aliphatic heterocycles. The molecule has 2 aromatic rings. The summed E-state index contributed by atoms with van der Waals surface area (Å²) in [5.41, 5.74) is 3.17. The van der Waals surface area contributed by atoms with Crippen LogP contribution in [0.15, 0.2) is 46.8 Å². The number of anilines is 1. The zero-order valence-electron chi connectivity index (χ0n) is 17.2. The van der Waals surface area contributed by atoms with Gasteiger partial charge in [-0.3, -0.25) is 9.79 Å². The number of methoxy groups -OCH3 is 1. The smallest absolute Gasteiger partial charge is 0.251 e. The molecule has 0 saturated carbocycles. The van der Waals surface area contributed by atoms with E-state index >= 15 is 0 Å². The largest absolute Gasteiger partial charge is 0.504 e. The number of thioether (sulfide) groups is 1. The van der Waals surface area contributed by atoms with E-state index in [1.165, 1.54) is 13.2 Å². The number of amides is 1. The minimum atomic E-state index is -0.198. The Hall–Kier alpha value is -3.10. The van der Waals surface area contributed by atoms with Crippen molar-refractivity contribution in [1.29, 1.82) is 0 Å². The molecule has 0 aliphatic carbocycles. The first-order valence-corrected chi connectivity index (χ1v) is 11.3. The molecule has 1 amide bonds. The number of carbonyl (C=O) groups is 1. The van der Waals surface area contributed by atoms with Crippen molar-refractivity contribution < 1.29 is 19.4 Å². The van der Waals surface area contributed by atoms with Gasteiger partial charge in [-0.05, 0) is 35.9 Å². The molecule has 0 aromatic heterocycles. The van der Waals surface area contributed by atoms with E-state index in [9.17, 15) is 9.90 Å². The van der Waals surface area contributed by atoms with Gasteiger partial charge in [0, 0.05) is 28.6 Å². The van der Waals surface area contributed by atoms with Crippen LogP contribution < -0.4 is 14.4 Å². The van der Waals surface area contributed by atoms with Gasteiger partial charge in [-0.25, -0.2) is 0 Å². The second-order valence-corrected chi connectivity index (χ2v) is 8.61. The topological polar surface area (TPSA) is 74.6 Å². The number of rotatable bonds is 4. The van der Waals surface area contributed by atoms with Crippen molar-refractivity contribution in [2.45, 2.75) is 0 Å². The molecule has 0 fully saturated rings. The van der Waals surface area contributed by atoms with E-state index in [0.717, 1.165) is 29.5 Å². The lowest BCUT2D eigenvalue weighted by atomic mass is 10.1. The summed E-state index contributed by atoms with van der Waals surface area (Å²) < 4.78 is 11.1. The van der Waals surface area contributed by atoms with E-state index in [-0.39, 0.29) is 11.7 Å². The van der Waals surface area contributed by atoms with Crippen LogP contribution in [0.2, 0.25) is 5.02 Å². The first kappa shape index (κ1) is 20.8. The average Bonchev–Trinajstić information content (AvgIpc) is 3.41. The summed E-state index contributed by atoms with van der Waals surface area (Å²) >= 11 is 8.04. The number of fused-ring (bicyclic) bond motifs is 2. The van der Waals surface area contributed by atoms with Crippen LogP contribution in [-0.2, 0) is 4.79 Å². The Balaban J connectivity index is 1.44. The van der Waals surface area contributed by atoms with E-state index in [2.05, 4.69) is 9.89 Å². The highest BCUT2D eigenvalue weighted by atomic mass is 35.5. The zero-order valence-corrected chi connectivity index (χ0v) is 18.8. The first-order chi connectivity index (χ1) is 15.5. The molecule has 2 aromatic carbocycles. The number of carbonyl (C=O) groups excluding carboxylic acids is 1. The van der Waals surface area contributed by atoms with Gasteiger partial charge < -0.3 is 24.4 Å². The van der Waals surface area contributed by atoms with Gasteiger partial charge in [0.1, 0.15) is 6.61 Å². The molecule has 0 spiro atoms. The third kappa shape index (κ3) is 3.69. The van der Waals surface area contributed by atoms with Crippen LogP contribution in [0.5, 0.6) is 17.2 Å². The molecule has 0 atom stereocenters. The summed E-state index contributed by atoms with van der Waals surface area (Å²) in [4.78, 5) is 21.4. The number of aromatic hydroxyl groups is 1. The molecule has 32 heavy (non-hydrogen) atoms. The van der Waals surface area contributed by atoms with Crippen molar-refractivity contribution in [1.82, 2.24) is 4.90 Å². The molecular formula is C23H20ClN3O4S. The van der Waals surface area contributed by atoms with Gasteiger partial charge in [-0.15, -0.1) is 0 Å². The highest BCUT2D eigenvalue weighted by Gasteiger charge is 2.32. The van der Waals surface area contributed by atoms with Crippen LogP contribution in [0, 0.1) is 0 Å². The van der Waals surface area contributed by atoms with Gasteiger partial charge in [0.05, 0.1) is 31.6 Å². The minimum absolute atomic E-state index is 0.0165. The summed E-state index contributed by atoms with van der Waals surface area (Å²) in [6.07, 6.45) is 3.14. The van der Waals surface area contributed by atoms with Gasteiger partial charge in [0.15, 0.2) is 22.4 Å². The van der Waals surface area contributed by atoms with Crippen LogP contribution in [0.3, 0.4) is 0 Å². The maximum Gasteiger partial charge on any atom is 0.251 e. The van der Waals surface area contributed by atoms with Gasteiger partial charge in [0.25, 0.3) is 5.91 Å². The number of ether oxygens (including phenoxy) is 2. The first-order valence-electron chi connectivity index (χ1n) is 10.1. The van der Waals surface area contributed by atoms with Gasteiger partial charge in [-0.2, -0.15) is 0 Å². The normalized spacial score (nSPS) is 17.1. The highest BCUT2D eigenvalue weighted by molar-refractivity contribution is 8.16. The van der Waals surface area contributed by atoms with E-state index in [1.54, 1.807) is 47.0 Å². The van der Waals surface area contributed by atoms with Crippen molar-refractivity contribution in [2.24, 2.45) is 4.99 Å². The molecule has 3 heterocycles. The fourth-order valence-electron chi connectivity index (χ4n) is 3.91. The molecule has 3 aliphatic rings. The number of hydrogen-bond acceptors (Lipinski definition) is 7. The molecule has 5 rings (SSSR count). The van der Waals surface area contributed by atoms with Crippen LogP contribution >= 0.6 is 23.4 Å². The number of phenolic OH excluding ortho intramolecular Hbond substituents is 1. The Labute approximate surface area is 194 Å². The van der Waals surface area contributed by atoms with Crippen LogP contribution in [0.25, 0.3) is 11.8 Å². The Morgan fingerprint density at radius 3 is 3.00 bits per heavy atom. The van der Waals surface area contributed by atoms with E-state index < -0.39 is 0 Å². The number of phenols is 1. The quantitative estimate of drug-likeness (QED) is 0.676. The third-order valence-electron chi connectivity index (χ3n) is 5.42. The monoisotopic (exact) mass is 469 g/mol. The van der Waals surface area contributed by atoms with Crippen molar-refractivity contribution in [3.63, 3.8) is 0 Å². The lowest BCUT2D eigenvalue weighted by Crippen LogP contribution is -2.37. The van der Waals surface area contributed by atoms with Crippen molar-refractivity contribution in [3.8, 4) is 17.2 Å². The molecule has 0 saturated heterocycles. The van der Waals surface area contributed by atoms with Crippen molar-refractivity contribution >= 4 is 51.9 Å². The SMILES string of the molecule is COc1ccc(C=CC(=O)N2CCOc3c(C4=CSC5=NCCN45)cc(Cl)cc32)cc1O. The van der Waals surface area contributed by atoms with E-state index in [4.69, 9.17) is 21.1 Å². The maximum absolute atomic E-state index is 13.1. The van der Waals surface area contributed by atoms with Gasteiger partial charge in [0.2, 0.25) is 0 Å². The fourth-order valence-corrected chi connectivity index (χ4v) is 5.08. The predicted octanol–water partition coefficient (Wildman–Crippen LogP) is 4.21. The lowest BCUT2D eigenvalue weighted by Gasteiger charge is -2.31. The second-order valence-electron chi connectivity index (χ2n) is 7.34. The molecule has 0 unspecified atom stereocenters. The highest BCUT2D eigenvalue weighted by Crippen LogP contribution is 2.45. The van der Waals surface area contributed by atoms with E-state index in [1.807, 2.05) is 11.5 Å². The molecule has 7 nitrogen and oxygen atoms in total. The van der Waals surface area contributed by atoms with E-state index in [0.29, 0.717) is 40.9 Å². The Morgan fingerprint density at radius 2 is 2.19 bits per heavy atom. The maximum atomic E-state index is 13.1. The lowest BCUT2D eigenvalue weighted by molar-refractivity contribution is -0.114. The second kappa shape index (κ2) is 8.44. The fraction of sp³-hybridized carbons (Fsp3) is 0.217. The van der Waals surface area contributed by atoms with Gasteiger partial charge >= 0.3 is 0 Å². The third-order valence-corrected chi connectivity index (χ3v) is 6.54. The number of amidine groups is 1. The average molecular weight is 470 g/mol. The van der Waals surface area contributed by atoms with Crippen LogP contribution in [0.1, 0.15) is 11.1 Å². The number of benzene rings is 2. The molecule has 9 heteroatoms. The Kier molecular flexibility index (Phi) is 5.48. The summed E-state index contributed by atoms with van der Waals surface area (Å²) in [7, 11) is 1.49. The molecule has 164 valence electrons. The van der Waals surface area contributed by atoms with Crippen molar-refractivity contribution in [3.05, 3.63) is 58.0 Å². The van der Waals surface area contributed by atoms with Crippen LogP contribution in [0.4, 0.5) is 5.69 Å². The molecule has 0 radical (unpaired) electrons. The van der Waals surface area contributed by atoms with Crippen molar-refractivity contribution in [2.75, 3.05) is 38.3 Å². The van der Waals surface area contributed by atoms with Crippen LogP contribution in [-0.4, -0.2) is 54.4 Å². The number of nitrogens with zero attached hydrogens (tertiary/aromatic N) is 3. The zero-order chi connectivity index (χ0) is 22.2. The van der Waals surface area contributed by atoms with Gasteiger partial charge in [-0.1, -0.05) is 29.4 Å². The summed E-state index contributed by atoms with van der Waals surface area (Å²) in [5.74, 6) is 0.840. The predicted molar refractivity (Wildman–Crippen MR) is 128 cm³/mol. The number of halogens is 1.